The highest BCUT2D eigenvalue weighted by Gasteiger charge is 2.42. The van der Waals surface area contributed by atoms with Crippen LogP contribution in [0.5, 0.6) is 5.75 Å². The standard InChI is InChI=1S/C25H29F6NO3/c26-24(27,28)17-8-10-18(11-9-17)35-21-13-12-19-16(15-32-14-3-1-2-7-22(33)34)5-4-6-20(19)23(21)25(29,30)31/h4-6,12-13,17-18,32H,1-3,7-11,14-15H2,(H,33,34). The van der Waals surface area contributed by atoms with E-state index in [0.717, 1.165) is 12.8 Å². The van der Waals surface area contributed by atoms with Gasteiger partial charge in [0.05, 0.1) is 12.0 Å². The molecule has 1 saturated carbocycles. The molecule has 2 aromatic rings. The number of fused-ring (bicyclic) bond motifs is 1. The smallest absolute Gasteiger partial charge is 0.420 e. The first kappa shape index (κ1) is 27.1. The van der Waals surface area contributed by atoms with Crippen LogP contribution in [0.4, 0.5) is 26.3 Å². The van der Waals surface area contributed by atoms with E-state index in [1.54, 1.807) is 18.2 Å². The molecule has 0 aliphatic heterocycles. The molecule has 194 valence electrons. The molecule has 0 atom stereocenters. The third kappa shape index (κ3) is 7.49. The lowest BCUT2D eigenvalue weighted by molar-refractivity contribution is -0.185. The van der Waals surface area contributed by atoms with E-state index in [2.05, 4.69) is 5.32 Å². The number of aliphatic carboxylic acids is 1. The molecule has 3 rings (SSSR count). The van der Waals surface area contributed by atoms with E-state index in [1.165, 1.54) is 12.1 Å². The van der Waals surface area contributed by atoms with Gasteiger partial charge in [-0.1, -0.05) is 30.7 Å². The first-order chi connectivity index (χ1) is 16.5. The van der Waals surface area contributed by atoms with Crippen molar-refractivity contribution in [3.63, 3.8) is 0 Å². The van der Waals surface area contributed by atoms with E-state index in [4.69, 9.17) is 9.84 Å². The second-order valence-corrected chi connectivity index (χ2v) is 8.96. The number of hydrogen-bond donors (Lipinski definition) is 2. The first-order valence-corrected chi connectivity index (χ1v) is 11.7. The van der Waals surface area contributed by atoms with Crippen LogP contribution in [0.3, 0.4) is 0 Å². The summed E-state index contributed by atoms with van der Waals surface area (Å²) in [6, 6.07) is 7.47. The van der Waals surface area contributed by atoms with Gasteiger partial charge in [0.1, 0.15) is 11.3 Å². The highest BCUT2D eigenvalue weighted by atomic mass is 19.4. The van der Waals surface area contributed by atoms with Crippen LogP contribution in [0.25, 0.3) is 10.8 Å². The third-order valence-corrected chi connectivity index (χ3v) is 6.39. The molecular formula is C25H29F6NO3. The Kier molecular flexibility index (Phi) is 8.90. The predicted molar refractivity (Wildman–Crippen MR) is 119 cm³/mol. The summed E-state index contributed by atoms with van der Waals surface area (Å²) < 4.78 is 86.6. The molecule has 1 aliphatic rings. The minimum absolute atomic E-state index is 0.0141. The van der Waals surface area contributed by atoms with Crippen LogP contribution < -0.4 is 10.1 Å². The second kappa shape index (κ2) is 11.5. The summed E-state index contributed by atoms with van der Waals surface area (Å²) in [6.07, 6.45) is -7.74. The fourth-order valence-corrected chi connectivity index (χ4v) is 4.56. The van der Waals surface area contributed by atoms with Crippen molar-refractivity contribution >= 4 is 16.7 Å². The molecule has 1 aliphatic carbocycles. The topological polar surface area (TPSA) is 58.6 Å². The number of halogens is 6. The molecule has 0 amide bonds. The van der Waals surface area contributed by atoms with Gasteiger partial charge in [-0.05, 0) is 67.5 Å². The van der Waals surface area contributed by atoms with Crippen molar-refractivity contribution in [2.45, 2.75) is 76.4 Å². The van der Waals surface area contributed by atoms with Gasteiger partial charge in [0.15, 0.2) is 0 Å². The zero-order valence-electron chi connectivity index (χ0n) is 19.1. The Hall–Kier alpha value is -2.49. The molecule has 0 heterocycles. The molecule has 2 aromatic carbocycles. The van der Waals surface area contributed by atoms with Crippen LogP contribution in [0.2, 0.25) is 0 Å². The monoisotopic (exact) mass is 505 g/mol. The number of carboxylic acids is 1. The number of carbonyl (C=O) groups is 1. The van der Waals surface area contributed by atoms with Gasteiger partial charge in [-0.2, -0.15) is 26.3 Å². The first-order valence-electron chi connectivity index (χ1n) is 11.7. The van der Waals surface area contributed by atoms with Gasteiger partial charge in [0.2, 0.25) is 0 Å². The number of rotatable bonds is 10. The SMILES string of the molecule is O=C(O)CCCCCNCc1cccc2c(C(F)(F)F)c(OC3CCC(C(F)(F)F)CC3)ccc12. The summed E-state index contributed by atoms with van der Waals surface area (Å²) in [5.41, 5.74) is -0.237. The molecule has 1 fully saturated rings. The van der Waals surface area contributed by atoms with Crippen molar-refractivity contribution in [2.75, 3.05) is 6.54 Å². The van der Waals surface area contributed by atoms with Crippen molar-refractivity contribution < 1.29 is 41.0 Å². The second-order valence-electron chi connectivity index (χ2n) is 8.96. The molecule has 0 spiro atoms. The number of nitrogens with one attached hydrogen (secondary N) is 1. The highest BCUT2D eigenvalue weighted by Crippen LogP contribution is 2.44. The number of ether oxygens (including phenoxy) is 1. The molecule has 10 heteroatoms. The van der Waals surface area contributed by atoms with Crippen molar-refractivity contribution in [1.29, 1.82) is 0 Å². The summed E-state index contributed by atoms with van der Waals surface area (Å²) in [5.74, 6) is -2.64. The maximum atomic E-state index is 14.1. The van der Waals surface area contributed by atoms with Crippen LogP contribution in [-0.4, -0.2) is 29.9 Å². The van der Waals surface area contributed by atoms with E-state index >= 15 is 0 Å². The maximum Gasteiger partial charge on any atom is 0.420 e. The van der Waals surface area contributed by atoms with E-state index < -0.39 is 35.9 Å². The maximum absolute atomic E-state index is 14.1. The van der Waals surface area contributed by atoms with Crippen LogP contribution in [-0.2, 0) is 17.5 Å². The third-order valence-electron chi connectivity index (χ3n) is 6.39. The van der Waals surface area contributed by atoms with Gasteiger partial charge in [-0.3, -0.25) is 4.79 Å². The summed E-state index contributed by atoms with van der Waals surface area (Å²) >= 11 is 0. The summed E-state index contributed by atoms with van der Waals surface area (Å²) in [4.78, 5) is 10.5. The Morgan fingerprint density at radius 1 is 0.943 bits per heavy atom. The molecule has 4 nitrogen and oxygen atoms in total. The molecule has 0 saturated heterocycles. The Morgan fingerprint density at radius 2 is 1.66 bits per heavy atom. The minimum atomic E-state index is -4.70. The van der Waals surface area contributed by atoms with E-state index in [0.29, 0.717) is 30.5 Å². The number of unbranched alkanes of at least 4 members (excludes halogenated alkanes) is 2. The van der Waals surface area contributed by atoms with Crippen molar-refractivity contribution in [3.8, 4) is 5.75 Å². The van der Waals surface area contributed by atoms with E-state index in [-0.39, 0.29) is 43.2 Å². The van der Waals surface area contributed by atoms with Crippen molar-refractivity contribution in [2.24, 2.45) is 5.92 Å². The van der Waals surface area contributed by atoms with Gasteiger partial charge in [-0.25, -0.2) is 0 Å². The highest BCUT2D eigenvalue weighted by molar-refractivity contribution is 5.91. The van der Waals surface area contributed by atoms with Crippen molar-refractivity contribution in [3.05, 3.63) is 41.5 Å². The summed E-state index contributed by atoms with van der Waals surface area (Å²) in [6.45, 7) is 0.944. The molecule has 35 heavy (non-hydrogen) atoms. The van der Waals surface area contributed by atoms with Gasteiger partial charge < -0.3 is 15.2 Å². The largest absolute Gasteiger partial charge is 0.490 e. The zero-order valence-corrected chi connectivity index (χ0v) is 19.1. The number of carboxylic acid groups (broad SMARTS) is 1. The average Bonchev–Trinajstić information content (AvgIpc) is 2.77. The lowest BCUT2D eigenvalue weighted by atomic mass is 9.87. The van der Waals surface area contributed by atoms with Gasteiger partial charge in [-0.15, -0.1) is 0 Å². The number of alkyl halides is 6. The van der Waals surface area contributed by atoms with E-state index in [1.807, 2.05) is 0 Å². The van der Waals surface area contributed by atoms with Crippen LogP contribution in [0.15, 0.2) is 30.3 Å². The normalized spacial score (nSPS) is 19.1. The Morgan fingerprint density at radius 3 is 2.29 bits per heavy atom. The molecule has 0 unspecified atom stereocenters. The van der Waals surface area contributed by atoms with Crippen LogP contribution in [0, 0.1) is 5.92 Å². The number of benzene rings is 2. The molecule has 0 radical (unpaired) electrons. The predicted octanol–water partition coefficient (Wildman–Crippen LogP) is 7.09. The average molecular weight is 505 g/mol. The molecule has 0 aromatic heterocycles. The Labute approximate surface area is 199 Å². The van der Waals surface area contributed by atoms with Crippen LogP contribution in [0.1, 0.15) is 62.5 Å². The van der Waals surface area contributed by atoms with Crippen molar-refractivity contribution in [1.82, 2.24) is 5.32 Å². The fraction of sp³-hybridized carbons (Fsp3) is 0.560. The summed E-state index contributed by atoms with van der Waals surface area (Å²) in [5, 5.41) is 12.2. The lowest BCUT2D eigenvalue weighted by Gasteiger charge is -2.31. The molecule has 2 N–H and O–H groups in total. The number of hydrogen-bond acceptors (Lipinski definition) is 3. The lowest BCUT2D eigenvalue weighted by Crippen LogP contribution is -2.32. The molecular weight excluding hydrogens is 476 g/mol. The van der Waals surface area contributed by atoms with E-state index in [9.17, 15) is 31.1 Å². The van der Waals surface area contributed by atoms with Crippen LogP contribution >= 0.6 is 0 Å². The van der Waals surface area contributed by atoms with Gasteiger partial charge in [0.25, 0.3) is 0 Å². The van der Waals surface area contributed by atoms with Gasteiger partial charge in [0, 0.05) is 13.0 Å². The Bertz CT molecular complexity index is 997. The van der Waals surface area contributed by atoms with Gasteiger partial charge >= 0.3 is 18.3 Å². The fourth-order valence-electron chi connectivity index (χ4n) is 4.56. The Balaban J connectivity index is 1.71. The quantitative estimate of drug-likeness (QED) is 0.267. The zero-order chi connectivity index (χ0) is 25.6. The molecule has 0 bridgehead atoms. The summed E-state index contributed by atoms with van der Waals surface area (Å²) in [7, 11) is 0. The minimum Gasteiger partial charge on any atom is -0.490 e.